The number of amides is 1. The Labute approximate surface area is 130 Å². The molecule has 21 heavy (non-hydrogen) atoms. The first-order chi connectivity index (χ1) is 10.1. The van der Waals surface area contributed by atoms with Crippen LogP contribution in [0.5, 0.6) is 0 Å². The molecule has 0 saturated carbocycles. The van der Waals surface area contributed by atoms with Crippen molar-refractivity contribution in [1.82, 2.24) is 0 Å². The molecule has 0 aliphatic carbocycles. The van der Waals surface area contributed by atoms with Gasteiger partial charge in [0.25, 0.3) is 0 Å². The van der Waals surface area contributed by atoms with E-state index in [9.17, 15) is 4.79 Å². The van der Waals surface area contributed by atoms with Crippen molar-refractivity contribution in [3.63, 3.8) is 0 Å². The Morgan fingerprint density at radius 2 is 1.90 bits per heavy atom. The van der Waals surface area contributed by atoms with Crippen molar-refractivity contribution in [2.24, 2.45) is 5.73 Å². The number of carbonyl (C=O) groups is 1. The molecule has 2 aromatic carbocycles. The second-order valence-corrected chi connectivity index (χ2v) is 5.25. The Kier molecular flexibility index (Phi) is 5.06. The highest BCUT2D eigenvalue weighted by atomic mass is 32.1. The van der Waals surface area contributed by atoms with Crippen LogP contribution in [0.4, 0.5) is 5.69 Å². The third-order valence-electron chi connectivity index (χ3n) is 3.34. The number of nitrogens with one attached hydrogen (secondary N) is 1. The third-order valence-corrected chi connectivity index (χ3v) is 3.58. The van der Waals surface area contributed by atoms with E-state index in [1.165, 1.54) is 0 Å². The molecule has 1 amide bonds. The molecule has 0 spiro atoms. The number of rotatable bonds is 5. The number of thiocarbonyl (C=S) groups is 1. The number of carbonyl (C=O) groups excluding carboxylic acids is 1. The van der Waals surface area contributed by atoms with E-state index in [2.05, 4.69) is 5.32 Å². The lowest BCUT2D eigenvalue weighted by Gasteiger charge is -2.15. The number of hydrogen-bond donors (Lipinski definition) is 2. The molecule has 0 fully saturated rings. The van der Waals surface area contributed by atoms with Gasteiger partial charge in [-0.3, -0.25) is 4.79 Å². The lowest BCUT2D eigenvalue weighted by molar-refractivity contribution is -0.117. The fraction of sp³-hybridized carbons (Fsp3) is 0.176. The van der Waals surface area contributed by atoms with Gasteiger partial charge in [-0.1, -0.05) is 61.6 Å². The molecule has 0 saturated heterocycles. The van der Waals surface area contributed by atoms with Crippen LogP contribution in [0.25, 0.3) is 0 Å². The summed E-state index contributed by atoms with van der Waals surface area (Å²) in [4.78, 5) is 12.8. The van der Waals surface area contributed by atoms with Crippen LogP contribution in [0.2, 0.25) is 0 Å². The molecular formula is C17H18N2OS. The van der Waals surface area contributed by atoms with Gasteiger partial charge in [-0.2, -0.15) is 0 Å². The lowest BCUT2D eigenvalue weighted by Crippen LogP contribution is -2.21. The molecule has 4 heteroatoms. The van der Waals surface area contributed by atoms with Crippen LogP contribution in [0.1, 0.15) is 30.4 Å². The molecular weight excluding hydrogens is 280 g/mol. The first-order valence-electron chi connectivity index (χ1n) is 6.87. The van der Waals surface area contributed by atoms with Gasteiger partial charge in [0.1, 0.15) is 4.99 Å². The SMILES string of the molecule is CC[C@@H](C(=O)Nc1cccc(C(N)=S)c1)c1ccccc1. The fourth-order valence-electron chi connectivity index (χ4n) is 2.24. The third kappa shape index (κ3) is 3.89. The van der Waals surface area contributed by atoms with Crippen LogP contribution in [-0.4, -0.2) is 10.9 Å². The van der Waals surface area contributed by atoms with E-state index in [1.807, 2.05) is 55.5 Å². The van der Waals surface area contributed by atoms with Crippen LogP contribution in [-0.2, 0) is 4.79 Å². The molecule has 0 bridgehead atoms. The summed E-state index contributed by atoms with van der Waals surface area (Å²) in [5.74, 6) is -0.191. The molecule has 3 N–H and O–H groups in total. The van der Waals surface area contributed by atoms with Crippen molar-refractivity contribution < 1.29 is 4.79 Å². The average molecular weight is 298 g/mol. The van der Waals surface area contributed by atoms with Crippen LogP contribution in [0.15, 0.2) is 54.6 Å². The van der Waals surface area contributed by atoms with Crippen LogP contribution in [0.3, 0.4) is 0 Å². The predicted octanol–water partition coefficient (Wildman–Crippen LogP) is 3.45. The van der Waals surface area contributed by atoms with Gasteiger partial charge in [-0.05, 0) is 24.1 Å². The summed E-state index contributed by atoms with van der Waals surface area (Å²) in [6.07, 6.45) is 0.741. The Morgan fingerprint density at radius 1 is 1.19 bits per heavy atom. The van der Waals surface area contributed by atoms with E-state index in [1.54, 1.807) is 6.07 Å². The quantitative estimate of drug-likeness (QED) is 0.831. The molecule has 108 valence electrons. The van der Waals surface area contributed by atoms with Crippen LogP contribution >= 0.6 is 12.2 Å². The standard InChI is InChI=1S/C17H18N2OS/c1-2-15(12-7-4-3-5-8-12)17(20)19-14-10-6-9-13(11-14)16(18)21/h3-11,15H,2H2,1H3,(H2,18,21)(H,19,20)/t15-/m1/s1. The van der Waals surface area contributed by atoms with Crippen LogP contribution in [0, 0.1) is 0 Å². The Balaban J connectivity index is 2.16. The van der Waals surface area contributed by atoms with E-state index in [-0.39, 0.29) is 11.8 Å². The van der Waals surface area contributed by atoms with Crippen molar-refractivity contribution in [3.8, 4) is 0 Å². The summed E-state index contributed by atoms with van der Waals surface area (Å²) in [6, 6.07) is 17.0. The number of hydrogen-bond acceptors (Lipinski definition) is 2. The molecule has 1 atom stereocenters. The van der Waals surface area contributed by atoms with Crippen molar-refractivity contribution in [2.75, 3.05) is 5.32 Å². The maximum Gasteiger partial charge on any atom is 0.231 e. The Bertz CT molecular complexity index is 640. The molecule has 0 heterocycles. The van der Waals surface area contributed by atoms with Gasteiger partial charge >= 0.3 is 0 Å². The topological polar surface area (TPSA) is 55.1 Å². The second-order valence-electron chi connectivity index (χ2n) is 4.81. The monoisotopic (exact) mass is 298 g/mol. The second kappa shape index (κ2) is 6.99. The smallest absolute Gasteiger partial charge is 0.231 e. The minimum Gasteiger partial charge on any atom is -0.389 e. The highest BCUT2D eigenvalue weighted by molar-refractivity contribution is 7.80. The van der Waals surface area contributed by atoms with Gasteiger partial charge in [0.2, 0.25) is 5.91 Å². The molecule has 0 aliphatic heterocycles. The van der Waals surface area contributed by atoms with E-state index in [0.717, 1.165) is 17.5 Å². The summed E-state index contributed by atoms with van der Waals surface area (Å²) >= 11 is 4.95. The molecule has 0 aliphatic rings. The minimum atomic E-state index is -0.167. The van der Waals surface area contributed by atoms with Crippen molar-refractivity contribution in [2.45, 2.75) is 19.3 Å². The van der Waals surface area contributed by atoms with E-state index >= 15 is 0 Å². The van der Waals surface area contributed by atoms with Gasteiger partial charge in [0, 0.05) is 11.3 Å². The van der Waals surface area contributed by atoms with Gasteiger partial charge in [-0.25, -0.2) is 0 Å². The number of benzene rings is 2. The van der Waals surface area contributed by atoms with Crippen molar-refractivity contribution >= 4 is 28.8 Å². The first kappa shape index (κ1) is 15.2. The Morgan fingerprint density at radius 3 is 2.52 bits per heavy atom. The van der Waals surface area contributed by atoms with Gasteiger partial charge in [-0.15, -0.1) is 0 Å². The largest absolute Gasteiger partial charge is 0.389 e. The highest BCUT2D eigenvalue weighted by Crippen LogP contribution is 2.21. The highest BCUT2D eigenvalue weighted by Gasteiger charge is 2.18. The summed E-state index contributed by atoms with van der Waals surface area (Å²) in [6.45, 7) is 2.00. The number of nitrogens with two attached hydrogens (primary N) is 1. The fourth-order valence-corrected chi connectivity index (χ4v) is 2.36. The summed E-state index contributed by atoms with van der Waals surface area (Å²) < 4.78 is 0. The zero-order chi connectivity index (χ0) is 15.2. The molecule has 0 aromatic heterocycles. The van der Waals surface area contributed by atoms with Gasteiger partial charge < -0.3 is 11.1 Å². The molecule has 2 rings (SSSR count). The Hall–Kier alpha value is -2.20. The summed E-state index contributed by atoms with van der Waals surface area (Å²) in [7, 11) is 0. The lowest BCUT2D eigenvalue weighted by atomic mass is 9.95. The van der Waals surface area contributed by atoms with Crippen molar-refractivity contribution in [3.05, 3.63) is 65.7 Å². The molecule has 3 nitrogen and oxygen atoms in total. The van der Waals surface area contributed by atoms with Gasteiger partial charge in [0.15, 0.2) is 0 Å². The van der Waals surface area contributed by atoms with Crippen LogP contribution < -0.4 is 11.1 Å². The number of anilines is 1. The molecule has 2 aromatic rings. The normalized spacial score (nSPS) is 11.7. The summed E-state index contributed by atoms with van der Waals surface area (Å²) in [5, 5.41) is 2.93. The zero-order valence-corrected chi connectivity index (χ0v) is 12.7. The van der Waals surface area contributed by atoms with E-state index in [4.69, 9.17) is 18.0 Å². The maximum absolute atomic E-state index is 12.5. The first-order valence-corrected chi connectivity index (χ1v) is 7.28. The molecule has 0 unspecified atom stereocenters. The minimum absolute atomic E-state index is 0.0243. The molecule has 0 radical (unpaired) electrons. The van der Waals surface area contributed by atoms with E-state index < -0.39 is 0 Å². The average Bonchev–Trinajstić information content (AvgIpc) is 2.49. The zero-order valence-electron chi connectivity index (χ0n) is 11.9. The van der Waals surface area contributed by atoms with E-state index in [0.29, 0.717) is 10.7 Å². The maximum atomic E-state index is 12.5. The van der Waals surface area contributed by atoms with Gasteiger partial charge in [0.05, 0.1) is 5.92 Å². The predicted molar refractivity (Wildman–Crippen MR) is 90.4 cm³/mol. The van der Waals surface area contributed by atoms with Crippen molar-refractivity contribution in [1.29, 1.82) is 0 Å². The summed E-state index contributed by atoms with van der Waals surface area (Å²) in [5.41, 5.74) is 8.08.